The molecule has 4 rings (SSSR count). The van der Waals surface area contributed by atoms with Crippen LogP contribution in [0, 0.1) is 13.8 Å². The number of nitrogens with zero attached hydrogens (tertiary/aromatic N) is 2. The van der Waals surface area contributed by atoms with Gasteiger partial charge in [0.2, 0.25) is 5.78 Å². The van der Waals surface area contributed by atoms with E-state index in [4.69, 9.17) is 33.5 Å². The molecule has 0 aliphatic heterocycles. The van der Waals surface area contributed by atoms with E-state index in [-0.39, 0.29) is 37.0 Å². The van der Waals surface area contributed by atoms with Gasteiger partial charge in [-0.2, -0.15) is 0 Å². The molecule has 2 heterocycles. The maximum Gasteiger partial charge on any atom is 0.209 e. The lowest BCUT2D eigenvalue weighted by Gasteiger charge is -2.07. The minimum Gasteiger partial charge on any atom is -0.382 e. The Kier molecular flexibility index (Phi) is 6.68. The lowest BCUT2D eigenvalue weighted by atomic mass is 10.1. The van der Waals surface area contributed by atoms with Crippen molar-refractivity contribution in [1.29, 1.82) is 0 Å². The zero-order chi connectivity index (χ0) is 24.6. The summed E-state index contributed by atoms with van der Waals surface area (Å²) in [7, 11) is -3.60. The summed E-state index contributed by atoms with van der Waals surface area (Å²) in [6.45, 7) is 3.38. The van der Waals surface area contributed by atoms with Crippen molar-refractivity contribution in [1.82, 2.24) is 10.1 Å². The lowest BCUT2D eigenvalue weighted by molar-refractivity contribution is 0.104. The third-order valence-electron chi connectivity index (χ3n) is 5.03. The van der Waals surface area contributed by atoms with Gasteiger partial charge in [-0.25, -0.2) is 13.4 Å². The summed E-state index contributed by atoms with van der Waals surface area (Å²) >= 11 is 13.3. The first kappa shape index (κ1) is 24.2. The summed E-state index contributed by atoms with van der Waals surface area (Å²) in [6.07, 6.45) is 0. The summed E-state index contributed by atoms with van der Waals surface area (Å²) in [6, 6.07) is 11.0. The van der Waals surface area contributed by atoms with Crippen LogP contribution < -0.4 is 11.1 Å². The normalized spacial score (nSPS) is 11.5. The smallest absolute Gasteiger partial charge is 0.209 e. The van der Waals surface area contributed by atoms with Crippen molar-refractivity contribution in [2.75, 3.05) is 11.1 Å². The number of carbonyl (C=O) groups excluding carboxylic acids is 1. The highest BCUT2D eigenvalue weighted by Crippen LogP contribution is 2.34. The number of rotatable bonds is 7. The molecule has 0 aliphatic rings. The number of ketones is 1. The molecule has 0 atom stereocenters. The summed E-state index contributed by atoms with van der Waals surface area (Å²) < 4.78 is 30.7. The fraction of sp³-hybridized carbons (Fsp3) is 0.136. The first-order valence-corrected chi connectivity index (χ1v) is 13.1. The molecule has 0 amide bonds. The summed E-state index contributed by atoms with van der Waals surface area (Å²) in [4.78, 5) is 17.5. The highest BCUT2D eigenvalue weighted by Gasteiger charge is 2.23. The van der Waals surface area contributed by atoms with Gasteiger partial charge < -0.3 is 15.6 Å². The van der Waals surface area contributed by atoms with Gasteiger partial charge in [-0.3, -0.25) is 4.79 Å². The molecule has 8 nitrogen and oxygen atoms in total. The van der Waals surface area contributed by atoms with Crippen LogP contribution in [0.15, 0.2) is 51.9 Å². The molecule has 0 saturated heterocycles. The molecule has 0 radical (unpaired) electrons. The lowest BCUT2D eigenvalue weighted by Crippen LogP contribution is -2.06. The fourth-order valence-corrected chi connectivity index (χ4v) is 6.16. The highest BCUT2D eigenvalue weighted by molar-refractivity contribution is 7.90. The number of carbonyl (C=O) groups is 1. The Balaban J connectivity index is 1.53. The van der Waals surface area contributed by atoms with Crippen molar-refractivity contribution >= 4 is 66.8 Å². The van der Waals surface area contributed by atoms with Gasteiger partial charge >= 0.3 is 0 Å². The number of aryl methyl sites for hydroxylation is 2. The average Bonchev–Trinajstić information content (AvgIpc) is 3.30. The Hall–Kier alpha value is -2.92. The molecule has 0 spiro atoms. The number of nitrogens with two attached hydrogens (primary N) is 1. The molecule has 2 aromatic heterocycles. The Labute approximate surface area is 209 Å². The van der Waals surface area contributed by atoms with Crippen LogP contribution in [0.4, 0.5) is 16.6 Å². The molecule has 0 bridgehead atoms. The van der Waals surface area contributed by atoms with Crippen molar-refractivity contribution in [3.63, 3.8) is 0 Å². The van der Waals surface area contributed by atoms with Crippen LogP contribution in [0.1, 0.15) is 32.3 Å². The Morgan fingerprint density at radius 2 is 1.76 bits per heavy atom. The number of aromatic nitrogens is 2. The van der Waals surface area contributed by atoms with E-state index in [1.807, 2.05) is 0 Å². The first-order valence-electron chi connectivity index (χ1n) is 9.83. The number of nitrogen functional groups attached to an aromatic ring is 1. The van der Waals surface area contributed by atoms with Gasteiger partial charge in [0.25, 0.3) is 0 Å². The largest absolute Gasteiger partial charge is 0.382 e. The highest BCUT2D eigenvalue weighted by atomic mass is 35.5. The van der Waals surface area contributed by atoms with Crippen molar-refractivity contribution in [2.24, 2.45) is 0 Å². The van der Waals surface area contributed by atoms with Crippen LogP contribution in [0.3, 0.4) is 0 Å². The van der Waals surface area contributed by atoms with Crippen LogP contribution >= 0.6 is 34.5 Å². The quantitative estimate of drug-likeness (QED) is 0.292. The zero-order valence-corrected chi connectivity index (χ0v) is 21.1. The molecule has 2 aromatic carbocycles. The molecule has 4 aromatic rings. The van der Waals surface area contributed by atoms with Crippen LogP contribution in [0.2, 0.25) is 10.0 Å². The van der Waals surface area contributed by atoms with E-state index in [1.165, 1.54) is 12.1 Å². The fourth-order valence-electron chi connectivity index (χ4n) is 3.23. The van der Waals surface area contributed by atoms with E-state index in [1.54, 1.807) is 44.2 Å². The second-order valence-electron chi connectivity index (χ2n) is 7.37. The molecule has 0 fully saturated rings. The number of thiazole rings is 1. The number of nitrogens with one attached hydrogen (secondary N) is 1. The van der Waals surface area contributed by atoms with Gasteiger partial charge in [0.1, 0.15) is 16.5 Å². The SMILES string of the molecule is Cc1noc(C)c1CS(=O)(=O)c1ccc(Nc2nc(N)c(C(=O)c3c(Cl)cccc3Cl)s2)cc1. The number of benzene rings is 2. The van der Waals surface area contributed by atoms with Crippen LogP contribution in [-0.4, -0.2) is 24.3 Å². The van der Waals surface area contributed by atoms with Gasteiger partial charge in [0, 0.05) is 11.3 Å². The molecule has 0 unspecified atom stereocenters. The predicted octanol–water partition coefficient (Wildman–Crippen LogP) is 5.59. The van der Waals surface area contributed by atoms with Crippen molar-refractivity contribution in [3.05, 3.63) is 80.0 Å². The van der Waals surface area contributed by atoms with Gasteiger partial charge in [-0.05, 0) is 50.2 Å². The molecular formula is C22H18Cl2N4O4S2. The maximum absolute atomic E-state index is 12.9. The van der Waals surface area contributed by atoms with Crippen LogP contribution in [0.25, 0.3) is 0 Å². The zero-order valence-electron chi connectivity index (χ0n) is 17.9. The summed E-state index contributed by atoms with van der Waals surface area (Å²) in [5.74, 6) is -0.129. The van der Waals surface area contributed by atoms with Gasteiger partial charge in [0.05, 0.1) is 32.0 Å². The van der Waals surface area contributed by atoms with Crippen LogP contribution in [-0.2, 0) is 15.6 Å². The van der Waals surface area contributed by atoms with Gasteiger partial charge in [-0.15, -0.1) is 0 Å². The van der Waals surface area contributed by atoms with E-state index in [2.05, 4.69) is 15.5 Å². The maximum atomic E-state index is 12.9. The minimum absolute atomic E-state index is 0.0344. The standard InChI is InChI=1S/C22H18Cl2N4O4S2/c1-11-15(12(2)32-28-11)10-34(30,31)14-8-6-13(7-9-14)26-22-27-21(25)20(33-22)19(29)18-16(23)4-3-5-17(18)24/h3-9H,10,25H2,1-2H3,(H,26,27). The monoisotopic (exact) mass is 536 g/mol. The van der Waals surface area contributed by atoms with E-state index < -0.39 is 15.6 Å². The second kappa shape index (κ2) is 9.38. The molecule has 0 saturated carbocycles. The first-order chi connectivity index (χ1) is 16.1. The van der Waals surface area contributed by atoms with Crippen LogP contribution in [0.5, 0.6) is 0 Å². The number of halogens is 2. The predicted molar refractivity (Wildman–Crippen MR) is 133 cm³/mol. The molecule has 0 aliphatic carbocycles. The summed E-state index contributed by atoms with van der Waals surface area (Å²) in [5.41, 5.74) is 7.78. The molecule has 34 heavy (non-hydrogen) atoms. The number of hydrogen-bond acceptors (Lipinski definition) is 9. The number of hydrogen-bond donors (Lipinski definition) is 2. The third-order valence-corrected chi connectivity index (χ3v) is 8.30. The average molecular weight is 537 g/mol. The Bertz CT molecular complexity index is 1460. The molecule has 12 heteroatoms. The van der Waals surface area contributed by atoms with E-state index >= 15 is 0 Å². The Morgan fingerprint density at radius 1 is 1.12 bits per heavy atom. The van der Waals surface area contributed by atoms with Crippen molar-refractivity contribution in [2.45, 2.75) is 24.5 Å². The summed E-state index contributed by atoms with van der Waals surface area (Å²) in [5, 5.41) is 7.62. The minimum atomic E-state index is -3.60. The molecular weight excluding hydrogens is 519 g/mol. The molecule has 3 N–H and O–H groups in total. The van der Waals surface area contributed by atoms with Gasteiger partial charge in [0.15, 0.2) is 15.0 Å². The topological polar surface area (TPSA) is 128 Å². The Morgan fingerprint density at radius 3 is 2.35 bits per heavy atom. The third kappa shape index (κ3) is 4.80. The van der Waals surface area contributed by atoms with Crippen molar-refractivity contribution in [3.8, 4) is 0 Å². The van der Waals surface area contributed by atoms with E-state index in [0.29, 0.717) is 27.8 Å². The van der Waals surface area contributed by atoms with E-state index in [9.17, 15) is 13.2 Å². The second-order valence-corrected chi connectivity index (χ2v) is 11.2. The number of anilines is 3. The molecule has 176 valence electrons. The van der Waals surface area contributed by atoms with Gasteiger partial charge in [-0.1, -0.05) is 45.8 Å². The van der Waals surface area contributed by atoms with E-state index in [0.717, 1.165) is 11.3 Å². The number of sulfone groups is 1. The van der Waals surface area contributed by atoms with Crippen molar-refractivity contribution < 1.29 is 17.7 Å².